The predicted octanol–water partition coefficient (Wildman–Crippen LogP) is 1.92. The highest BCUT2D eigenvalue weighted by Gasteiger charge is 2.14. The molecule has 23 heavy (non-hydrogen) atoms. The maximum Gasteiger partial charge on any atom is 0.270 e. The summed E-state index contributed by atoms with van der Waals surface area (Å²) >= 11 is 1.61. The molecule has 1 saturated heterocycles. The summed E-state index contributed by atoms with van der Waals surface area (Å²) in [6.07, 6.45) is 1.68. The average Bonchev–Trinajstić information content (AvgIpc) is 2.92. The second kappa shape index (κ2) is 7.06. The van der Waals surface area contributed by atoms with E-state index >= 15 is 0 Å². The Balaban J connectivity index is 1.64. The molecule has 1 aliphatic rings. The van der Waals surface area contributed by atoms with Crippen LogP contribution in [0.5, 0.6) is 0 Å². The highest BCUT2D eigenvalue weighted by Crippen LogP contribution is 2.17. The molecule has 6 nitrogen and oxygen atoms in total. The van der Waals surface area contributed by atoms with Gasteiger partial charge in [0.05, 0.1) is 25.5 Å². The molecule has 1 aliphatic heterocycles. The van der Waals surface area contributed by atoms with Gasteiger partial charge >= 0.3 is 0 Å². The molecule has 0 spiro atoms. The fourth-order valence-electron chi connectivity index (χ4n) is 2.42. The normalized spacial score (nSPS) is 14.8. The standard InChI is InChI=1S/C16H20N4O2S/c1-11-12(2)23-15(19-11)10-18-16(21)14-9-13(3-4-17-14)20-5-7-22-8-6-20/h3-4,9H,5-8,10H2,1-2H3,(H,18,21). The molecule has 3 rings (SSSR count). The molecule has 0 aromatic carbocycles. The number of nitrogens with zero attached hydrogens (tertiary/aromatic N) is 3. The molecular formula is C16H20N4O2S. The minimum atomic E-state index is -0.175. The van der Waals surface area contributed by atoms with Crippen LogP contribution in [0.25, 0.3) is 0 Å². The molecule has 3 heterocycles. The van der Waals surface area contributed by atoms with Crippen molar-refractivity contribution < 1.29 is 9.53 Å². The van der Waals surface area contributed by atoms with E-state index in [1.165, 1.54) is 4.88 Å². The summed E-state index contributed by atoms with van der Waals surface area (Å²) in [6, 6.07) is 3.76. The number of aryl methyl sites for hydroxylation is 2. The molecule has 0 atom stereocenters. The van der Waals surface area contributed by atoms with Gasteiger partial charge in [-0.2, -0.15) is 0 Å². The van der Waals surface area contributed by atoms with Gasteiger partial charge in [-0.25, -0.2) is 4.98 Å². The Morgan fingerprint density at radius 3 is 2.87 bits per heavy atom. The van der Waals surface area contributed by atoms with Gasteiger partial charge in [-0.3, -0.25) is 9.78 Å². The van der Waals surface area contributed by atoms with Crippen LogP contribution < -0.4 is 10.2 Å². The summed E-state index contributed by atoms with van der Waals surface area (Å²) in [5.41, 5.74) is 2.46. The van der Waals surface area contributed by atoms with Crippen molar-refractivity contribution in [3.05, 3.63) is 39.6 Å². The Morgan fingerprint density at radius 2 is 2.17 bits per heavy atom. The van der Waals surface area contributed by atoms with Crippen molar-refractivity contribution in [1.29, 1.82) is 0 Å². The van der Waals surface area contributed by atoms with Crippen LogP contribution in [0.3, 0.4) is 0 Å². The monoisotopic (exact) mass is 332 g/mol. The fraction of sp³-hybridized carbons (Fsp3) is 0.438. The van der Waals surface area contributed by atoms with E-state index in [0.29, 0.717) is 25.5 Å². The number of hydrogen-bond acceptors (Lipinski definition) is 6. The van der Waals surface area contributed by atoms with E-state index in [-0.39, 0.29) is 5.91 Å². The van der Waals surface area contributed by atoms with Crippen LogP contribution in [0.4, 0.5) is 5.69 Å². The number of anilines is 1. The Morgan fingerprint density at radius 1 is 1.39 bits per heavy atom. The third-order valence-corrected chi connectivity index (χ3v) is 4.90. The van der Waals surface area contributed by atoms with Crippen molar-refractivity contribution in [2.45, 2.75) is 20.4 Å². The van der Waals surface area contributed by atoms with Gasteiger partial charge < -0.3 is 15.0 Å². The summed E-state index contributed by atoms with van der Waals surface area (Å²) in [6.45, 7) is 7.54. The molecule has 1 N–H and O–H groups in total. The Kier molecular flexibility index (Phi) is 4.88. The number of thiazole rings is 1. The molecular weight excluding hydrogens is 312 g/mol. The molecule has 0 radical (unpaired) electrons. The number of morpholine rings is 1. The van der Waals surface area contributed by atoms with Crippen molar-refractivity contribution in [1.82, 2.24) is 15.3 Å². The summed E-state index contributed by atoms with van der Waals surface area (Å²) in [5, 5.41) is 3.80. The third-order valence-electron chi connectivity index (χ3n) is 3.83. The maximum absolute atomic E-state index is 12.3. The van der Waals surface area contributed by atoms with Crippen LogP contribution in [0.2, 0.25) is 0 Å². The van der Waals surface area contributed by atoms with Gasteiger partial charge in [-0.05, 0) is 26.0 Å². The number of hydrogen-bond donors (Lipinski definition) is 1. The molecule has 122 valence electrons. The number of carbonyl (C=O) groups excluding carboxylic acids is 1. The number of amides is 1. The van der Waals surface area contributed by atoms with E-state index in [1.807, 2.05) is 26.0 Å². The van der Waals surface area contributed by atoms with Crippen molar-refractivity contribution >= 4 is 22.9 Å². The van der Waals surface area contributed by atoms with E-state index in [0.717, 1.165) is 29.5 Å². The van der Waals surface area contributed by atoms with E-state index in [9.17, 15) is 4.79 Å². The lowest BCUT2D eigenvalue weighted by molar-refractivity contribution is 0.0946. The predicted molar refractivity (Wildman–Crippen MR) is 90.0 cm³/mol. The highest BCUT2D eigenvalue weighted by molar-refractivity contribution is 7.11. The van der Waals surface area contributed by atoms with E-state index in [1.54, 1.807) is 17.5 Å². The van der Waals surface area contributed by atoms with Gasteiger partial charge in [0.1, 0.15) is 10.7 Å². The lowest BCUT2D eigenvalue weighted by Crippen LogP contribution is -2.36. The van der Waals surface area contributed by atoms with Crippen LogP contribution >= 0.6 is 11.3 Å². The molecule has 2 aromatic rings. The highest BCUT2D eigenvalue weighted by atomic mass is 32.1. The number of carbonyl (C=O) groups is 1. The molecule has 1 amide bonds. The van der Waals surface area contributed by atoms with Gasteiger partial charge in [-0.15, -0.1) is 11.3 Å². The number of rotatable bonds is 4. The molecule has 0 bridgehead atoms. The first-order valence-electron chi connectivity index (χ1n) is 7.63. The number of aromatic nitrogens is 2. The lowest BCUT2D eigenvalue weighted by Gasteiger charge is -2.28. The summed E-state index contributed by atoms with van der Waals surface area (Å²) in [5.74, 6) is -0.175. The maximum atomic E-state index is 12.3. The van der Waals surface area contributed by atoms with Gasteiger partial charge in [-0.1, -0.05) is 0 Å². The molecule has 0 saturated carbocycles. The van der Waals surface area contributed by atoms with Crippen molar-refractivity contribution in [3.8, 4) is 0 Å². The first kappa shape index (κ1) is 15.9. The first-order chi connectivity index (χ1) is 11.1. The topological polar surface area (TPSA) is 67.4 Å². The Labute approximate surface area is 139 Å². The van der Waals surface area contributed by atoms with Crippen LogP contribution in [-0.2, 0) is 11.3 Å². The Bertz CT molecular complexity index is 676. The summed E-state index contributed by atoms with van der Waals surface area (Å²) in [4.78, 5) is 24.3. The first-order valence-corrected chi connectivity index (χ1v) is 8.45. The SMILES string of the molecule is Cc1nc(CNC(=O)c2cc(N3CCOCC3)ccn2)sc1C. The van der Waals surface area contributed by atoms with Crippen LogP contribution in [-0.4, -0.2) is 42.2 Å². The smallest absolute Gasteiger partial charge is 0.270 e. The molecule has 0 aliphatic carbocycles. The zero-order valence-corrected chi connectivity index (χ0v) is 14.2. The van der Waals surface area contributed by atoms with Gasteiger partial charge in [0, 0.05) is 29.9 Å². The minimum Gasteiger partial charge on any atom is -0.378 e. The largest absolute Gasteiger partial charge is 0.378 e. The van der Waals surface area contributed by atoms with Crippen molar-refractivity contribution in [3.63, 3.8) is 0 Å². The van der Waals surface area contributed by atoms with Crippen LogP contribution in [0.1, 0.15) is 26.1 Å². The molecule has 1 fully saturated rings. The second-order valence-corrected chi connectivity index (χ2v) is 6.72. The van der Waals surface area contributed by atoms with Crippen molar-refractivity contribution in [2.75, 3.05) is 31.2 Å². The molecule has 2 aromatic heterocycles. The average molecular weight is 332 g/mol. The van der Waals surface area contributed by atoms with Crippen LogP contribution in [0, 0.1) is 13.8 Å². The molecule has 7 heteroatoms. The minimum absolute atomic E-state index is 0.175. The van der Waals surface area contributed by atoms with E-state index in [4.69, 9.17) is 4.74 Å². The zero-order chi connectivity index (χ0) is 16.2. The number of nitrogens with one attached hydrogen (secondary N) is 1. The fourth-order valence-corrected chi connectivity index (χ4v) is 3.30. The quantitative estimate of drug-likeness (QED) is 0.926. The van der Waals surface area contributed by atoms with Gasteiger partial charge in [0.2, 0.25) is 0 Å². The lowest BCUT2D eigenvalue weighted by atomic mass is 10.2. The summed E-state index contributed by atoms with van der Waals surface area (Å²) in [7, 11) is 0. The second-order valence-electron chi connectivity index (χ2n) is 5.43. The van der Waals surface area contributed by atoms with Crippen LogP contribution in [0.15, 0.2) is 18.3 Å². The number of pyridine rings is 1. The zero-order valence-electron chi connectivity index (χ0n) is 13.3. The Hall–Kier alpha value is -1.99. The number of ether oxygens (including phenoxy) is 1. The molecule has 0 unspecified atom stereocenters. The van der Waals surface area contributed by atoms with Crippen molar-refractivity contribution in [2.24, 2.45) is 0 Å². The summed E-state index contributed by atoms with van der Waals surface area (Å²) < 4.78 is 5.36. The van der Waals surface area contributed by atoms with E-state index < -0.39 is 0 Å². The van der Waals surface area contributed by atoms with Gasteiger partial charge in [0.25, 0.3) is 5.91 Å². The third kappa shape index (κ3) is 3.86. The van der Waals surface area contributed by atoms with E-state index in [2.05, 4.69) is 20.2 Å². The van der Waals surface area contributed by atoms with Gasteiger partial charge in [0.15, 0.2) is 0 Å².